The molecule has 8 heteroatoms. The van der Waals surface area contributed by atoms with E-state index in [-0.39, 0.29) is 42.3 Å². The molecule has 1 aromatic heterocycles. The van der Waals surface area contributed by atoms with Crippen LogP contribution in [-0.2, 0) is 19.4 Å². The summed E-state index contributed by atoms with van der Waals surface area (Å²) in [7, 11) is 0. The number of benzene rings is 1. The van der Waals surface area contributed by atoms with Crippen LogP contribution >= 0.6 is 24.0 Å². The van der Waals surface area contributed by atoms with Crippen LogP contribution in [0.25, 0.3) is 0 Å². The number of aromatic nitrogens is 2. The molecule has 0 atom stereocenters. The molecule has 1 aliphatic carbocycles. The number of fused-ring (bicyclic) bond motifs is 1. The summed E-state index contributed by atoms with van der Waals surface area (Å²) in [4.78, 5) is 7.92. The zero-order valence-corrected chi connectivity index (χ0v) is 14.7. The molecule has 1 aromatic carbocycles. The van der Waals surface area contributed by atoms with Crippen molar-refractivity contribution < 1.29 is 8.78 Å². The van der Waals surface area contributed by atoms with Crippen LogP contribution in [0.2, 0.25) is 0 Å². The highest BCUT2D eigenvalue weighted by Crippen LogP contribution is 2.24. The highest BCUT2D eigenvalue weighted by Gasteiger charge is 2.12. The Morgan fingerprint density at radius 1 is 1.35 bits per heavy atom. The Bertz CT molecular complexity index is 699. The molecule has 3 rings (SSSR count). The topological polar surface area (TPSA) is 68.2 Å². The second kappa shape index (κ2) is 7.71. The van der Waals surface area contributed by atoms with E-state index in [0.717, 1.165) is 23.1 Å². The lowest BCUT2D eigenvalue weighted by Gasteiger charge is -2.08. The fourth-order valence-electron chi connectivity index (χ4n) is 2.64. The van der Waals surface area contributed by atoms with Gasteiger partial charge in [-0.15, -0.1) is 24.0 Å². The van der Waals surface area contributed by atoms with E-state index in [1.54, 1.807) is 0 Å². The molecule has 0 aliphatic heterocycles. The standard InChI is InChI=1S/C15H17F2N5.HI/c16-14(17)22-7-6-19-13(22)9-20-15(18)21-12-5-4-10-2-1-3-11(10)8-12;/h4-8,14H,1-3,9H2,(H3,18,20,21);1H. The zero-order chi connectivity index (χ0) is 15.5. The predicted octanol–water partition coefficient (Wildman–Crippen LogP) is 3.31. The predicted molar refractivity (Wildman–Crippen MR) is 96.3 cm³/mol. The third kappa shape index (κ3) is 4.18. The van der Waals surface area contributed by atoms with Gasteiger partial charge in [-0.05, 0) is 42.5 Å². The third-order valence-corrected chi connectivity index (χ3v) is 3.72. The van der Waals surface area contributed by atoms with Crippen molar-refractivity contribution in [3.05, 3.63) is 47.5 Å². The number of imidazole rings is 1. The maximum atomic E-state index is 12.7. The highest BCUT2D eigenvalue weighted by atomic mass is 127. The van der Waals surface area contributed by atoms with Crippen LogP contribution in [0.1, 0.15) is 29.9 Å². The molecule has 0 fully saturated rings. The molecule has 1 aliphatic rings. The van der Waals surface area contributed by atoms with Gasteiger partial charge in [-0.25, -0.2) is 9.98 Å². The Morgan fingerprint density at radius 2 is 2.13 bits per heavy atom. The van der Waals surface area contributed by atoms with Crippen molar-refractivity contribution >= 4 is 35.6 Å². The molecule has 0 radical (unpaired) electrons. The van der Waals surface area contributed by atoms with Crippen molar-refractivity contribution in [1.29, 1.82) is 0 Å². The first-order valence-electron chi connectivity index (χ1n) is 7.12. The Morgan fingerprint density at radius 3 is 2.91 bits per heavy atom. The number of aryl methyl sites for hydroxylation is 2. The van der Waals surface area contributed by atoms with Gasteiger partial charge in [0.2, 0.25) is 0 Å². The molecule has 0 saturated carbocycles. The van der Waals surface area contributed by atoms with Crippen molar-refractivity contribution in [3.63, 3.8) is 0 Å². The lowest BCUT2D eigenvalue weighted by molar-refractivity contribution is 0.0671. The van der Waals surface area contributed by atoms with E-state index in [1.165, 1.54) is 29.9 Å². The van der Waals surface area contributed by atoms with Gasteiger partial charge in [0.1, 0.15) is 12.4 Å². The van der Waals surface area contributed by atoms with E-state index < -0.39 is 6.55 Å². The van der Waals surface area contributed by atoms with Crippen LogP contribution in [-0.4, -0.2) is 15.5 Å². The van der Waals surface area contributed by atoms with Crippen LogP contribution in [0.15, 0.2) is 35.6 Å². The number of nitrogens with one attached hydrogen (secondary N) is 1. The molecule has 1 heterocycles. The zero-order valence-electron chi connectivity index (χ0n) is 12.4. The molecule has 0 amide bonds. The second-order valence-corrected chi connectivity index (χ2v) is 5.19. The minimum atomic E-state index is -2.63. The number of hydrogen-bond donors (Lipinski definition) is 2. The Balaban J connectivity index is 0.00000192. The number of nitrogens with zero attached hydrogens (tertiary/aromatic N) is 3. The summed E-state index contributed by atoms with van der Waals surface area (Å²) in [5, 5.41) is 2.99. The monoisotopic (exact) mass is 433 g/mol. The van der Waals surface area contributed by atoms with Crippen LogP contribution in [0.3, 0.4) is 0 Å². The molecule has 124 valence electrons. The first-order valence-corrected chi connectivity index (χ1v) is 7.12. The largest absolute Gasteiger partial charge is 0.370 e. The molecule has 5 nitrogen and oxygen atoms in total. The van der Waals surface area contributed by atoms with E-state index >= 15 is 0 Å². The van der Waals surface area contributed by atoms with Crippen LogP contribution in [0.4, 0.5) is 14.5 Å². The van der Waals surface area contributed by atoms with Crippen molar-refractivity contribution in [2.24, 2.45) is 10.7 Å². The fraction of sp³-hybridized carbons (Fsp3) is 0.333. The average Bonchev–Trinajstić information content (AvgIpc) is 3.13. The van der Waals surface area contributed by atoms with E-state index in [2.05, 4.69) is 27.4 Å². The smallest absolute Gasteiger partial charge is 0.319 e. The van der Waals surface area contributed by atoms with Gasteiger partial charge in [-0.3, -0.25) is 4.57 Å². The number of aliphatic imine (C=N–C) groups is 1. The van der Waals surface area contributed by atoms with Crippen molar-refractivity contribution in [2.45, 2.75) is 32.4 Å². The van der Waals surface area contributed by atoms with Gasteiger partial charge in [0.15, 0.2) is 5.96 Å². The van der Waals surface area contributed by atoms with E-state index in [1.807, 2.05) is 6.07 Å². The quantitative estimate of drug-likeness (QED) is 0.442. The molecule has 23 heavy (non-hydrogen) atoms. The number of nitrogens with two attached hydrogens (primary N) is 1. The Hall–Kier alpha value is -1.71. The van der Waals surface area contributed by atoms with Crippen LogP contribution in [0.5, 0.6) is 0 Å². The molecular formula is C15H18F2IN5. The van der Waals surface area contributed by atoms with Gasteiger partial charge in [0.05, 0.1) is 0 Å². The minimum Gasteiger partial charge on any atom is -0.370 e. The number of alkyl halides is 2. The van der Waals surface area contributed by atoms with E-state index in [0.29, 0.717) is 0 Å². The SMILES string of the molecule is I.NC(=NCc1nccn1C(F)F)Nc1ccc2c(c1)CCC2. The second-order valence-electron chi connectivity index (χ2n) is 5.19. The summed E-state index contributed by atoms with van der Waals surface area (Å²) >= 11 is 0. The maximum Gasteiger partial charge on any atom is 0.319 e. The summed E-state index contributed by atoms with van der Waals surface area (Å²) < 4.78 is 26.1. The Kier molecular flexibility index (Phi) is 5.91. The molecule has 2 aromatic rings. The number of guanidine groups is 1. The molecular weight excluding hydrogens is 415 g/mol. The van der Waals surface area contributed by atoms with E-state index in [4.69, 9.17) is 5.73 Å². The average molecular weight is 433 g/mol. The van der Waals surface area contributed by atoms with Crippen molar-refractivity contribution in [3.8, 4) is 0 Å². The molecule has 0 saturated heterocycles. The summed E-state index contributed by atoms with van der Waals surface area (Å²) in [6.45, 7) is -2.63. The lowest BCUT2D eigenvalue weighted by atomic mass is 10.1. The van der Waals surface area contributed by atoms with Gasteiger partial charge >= 0.3 is 6.55 Å². The summed E-state index contributed by atoms with van der Waals surface area (Å²) in [5.74, 6) is 0.357. The molecule has 3 N–H and O–H groups in total. The molecule has 0 bridgehead atoms. The molecule has 0 spiro atoms. The fourth-order valence-corrected chi connectivity index (χ4v) is 2.64. The van der Waals surface area contributed by atoms with Crippen molar-refractivity contribution in [2.75, 3.05) is 5.32 Å². The van der Waals surface area contributed by atoms with Crippen LogP contribution in [0, 0.1) is 0 Å². The minimum absolute atomic E-state index is 0. The number of anilines is 1. The van der Waals surface area contributed by atoms with Crippen LogP contribution < -0.4 is 11.1 Å². The maximum absolute atomic E-state index is 12.7. The lowest BCUT2D eigenvalue weighted by Crippen LogP contribution is -2.23. The van der Waals surface area contributed by atoms with E-state index in [9.17, 15) is 8.78 Å². The third-order valence-electron chi connectivity index (χ3n) is 3.72. The Labute approximate surface area is 150 Å². The normalized spacial score (nSPS) is 13.8. The first-order chi connectivity index (χ1) is 10.6. The molecule has 0 unspecified atom stereocenters. The highest BCUT2D eigenvalue weighted by molar-refractivity contribution is 14.0. The number of hydrogen-bond acceptors (Lipinski definition) is 2. The number of rotatable bonds is 4. The first kappa shape index (κ1) is 17.6. The van der Waals surface area contributed by atoms with Gasteiger partial charge in [-0.2, -0.15) is 8.78 Å². The van der Waals surface area contributed by atoms with Gasteiger partial charge < -0.3 is 11.1 Å². The number of halogens is 3. The summed E-state index contributed by atoms with van der Waals surface area (Å²) in [5.41, 5.74) is 9.37. The summed E-state index contributed by atoms with van der Waals surface area (Å²) in [6.07, 6.45) is 5.92. The van der Waals surface area contributed by atoms with Gasteiger partial charge in [0.25, 0.3) is 0 Å². The summed E-state index contributed by atoms with van der Waals surface area (Å²) in [6, 6.07) is 6.10. The van der Waals surface area contributed by atoms with Crippen molar-refractivity contribution in [1.82, 2.24) is 9.55 Å². The van der Waals surface area contributed by atoms with Gasteiger partial charge in [0, 0.05) is 18.1 Å². The van der Waals surface area contributed by atoms with Gasteiger partial charge in [-0.1, -0.05) is 6.07 Å².